The van der Waals surface area contributed by atoms with Crippen LogP contribution in [0.1, 0.15) is 23.4 Å². The number of anilines is 1. The summed E-state index contributed by atoms with van der Waals surface area (Å²) < 4.78 is 62.8. The highest BCUT2D eigenvalue weighted by Gasteiger charge is 2.39. The summed E-state index contributed by atoms with van der Waals surface area (Å²) in [5.74, 6) is -1.32. The number of rotatable bonds is 5. The van der Waals surface area contributed by atoms with Crippen molar-refractivity contribution >= 4 is 23.5 Å². The van der Waals surface area contributed by atoms with E-state index in [1.807, 2.05) is 0 Å². The molecule has 0 radical (unpaired) electrons. The quantitative estimate of drug-likeness (QED) is 0.357. The minimum absolute atomic E-state index is 0.0720. The number of carbonyl (C=O) groups is 1. The molecule has 0 bridgehead atoms. The van der Waals surface area contributed by atoms with E-state index in [1.165, 1.54) is 36.2 Å². The Hall–Kier alpha value is -4.42. The number of aryl methyl sites for hydroxylation is 1. The van der Waals surface area contributed by atoms with Gasteiger partial charge in [-0.05, 0) is 50.1 Å². The lowest BCUT2D eigenvalue weighted by Crippen LogP contribution is -2.42. The first kappa shape index (κ1) is 25.2. The predicted octanol–water partition coefficient (Wildman–Crippen LogP) is 4.64. The van der Waals surface area contributed by atoms with Crippen LogP contribution in [-0.4, -0.2) is 51.4 Å². The van der Waals surface area contributed by atoms with E-state index in [4.69, 9.17) is 4.74 Å². The van der Waals surface area contributed by atoms with E-state index in [0.29, 0.717) is 33.4 Å². The number of benzene rings is 2. The van der Waals surface area contributed by atoms with Gasteiger partial charge in [0.05, 0.1) is 23.8 Å². The molecule has 196 valence electrons. The maximum absolute atomic E-state index is 14.5. The highest BCUT2D eigenvalue weighted by atomic mass is 19.4. The first-order valence-electron chi connectivity index (χ1n) is 11.6. The second kappa shape index (κ2) is 9.80. The lowest BCUT2D eigenvalue weighted by Gasteiger charge is -2.25. The van der Waals surface area contributed by atoms with Gasteiger partial charge in [0.15, 0.2) is 6.20 Å². The number of ether oxygens (including phenoxy) is 1. The Balaban J connectivity index is 1.43. The van der Waals surface area contributed by atoms with Gasteiger partial charge in [-0.3, -0.25) is 4.79 Å². The van der Waals surface area contributed by atoms with Crippen LogP contribution in [0.5, 0.6) is 5.75 Å². The van der Waals surface area contributed by atoms with Crippen molar-refractivity contribution in [3.05, 3.63) is 71.7 Å². The molecule has 38 heavy (non-hydrogen) atoms. The number of fused-ring (bicyclic) bond motifs is 1. The molecule has 1 amide bonds. The van der Waals surface area contributed by atoms with E-state index in [9.17, 15) is 22.4 Å². The molecule has 9 nitrogen and oxygen atoms in total. The summed E-state index contributed by atoms with van der Waals surface area (Å²) in [4.78, 5) is 17.9. The number of carbonyl (C=O) groups excluding carboxylic acids is 1. The Labute approximate surface area is 214 Å². The Morgan fingerprint density at radius 3 is 2.74 bits per heavy atom. The number of halogens is 4. The number of hydrogen-bond donors (Lipinski definition) is 0. The maximum atomic E-state index is 14.5. The number of methoxy groups -OCH3 is 1. The van der Waals surface area contributed by atoms with Crippen LogP contribution in [0.4, 0.5) is 23.2 Å². The number of amides is 1. The van der Waals surface area contributed by atoms with Crippen molar-refractivity contribution in [1.29, 1.82) is 0 Å². The van der Waals surface area contributed by atoms with Crippen LogP contribution in [0.25, 0.3) is 11.4 Å². The molecule has 1 aromatic heterocycles. The monoisotopic (exact) mass is 528 g/mol. The average Bonchev–Trinajstić information content (AvgIpc) is 3.50. The Bertz CT molecular complexity index is 1490. The van der Waals surface area contributed by atoms with Gasteiger partial charge in [0.2, 0.25) is 5.91 Å². The molecule has 13 heteroatoms. The van der Waals surface area contributed by atoms with Crippen LogP contribution in [0, 0.1) is 18.7 Å². The van der Waals surface area contributed by atoms with Crippen molar-refractivity contribution in [2.45, 2.75) is 25.9 Å². The van der Waals surface area contributed by atoms with Gasteiger partial charge < -0.3 is 9.64 Å². The molecule has 0 spiro atoms. The summed E-state index contributed by atoms with van der Waals surface area (Å²) in [5.41, 5.74) is 1.77. The van der Waals surface area contributed by atoms with Gasteiger partial charge >= 0.3 is 6.18 Å². The van der Waals surface area contributed by atoms with Crippen molar-refractivity contribution in [1.82, 2.24) is 14.8 Å². The molecule has 0 saturated carbocycles. The lowest BCUT2D eigenvalue weighted by atomic mass is 10.0. The van der Waals surface area contributed by atoms with Gasteiger partial charge in [0.25, 0.3) is 5.70 Å². The maximum Gasteiger partial charge on any atom is 0.406 e. The standard InChI is InChI=1S/C25H22F4N7O2/c1-15-30-14-36(32-15)22-9-7-16(10-23(22)38-2)20-12-34(33-31-20)11-17-6-8-18-19(26)4-3-5-21(18)35(24(17)37)13-25(27,28)29/h3-5,7,9-12,14,17H,6,8,13H2,1-2H3/q+1/b34-11+. The lowest BCUT2D eigenvalue weighted by molar-refractivity contribution is -0.460. The third-order valence-electron chi connectivity index (χ3n) is 6.18. The third-order valence-corrected chi connectivity index (χ3v) is 6.18. The number of alkyl halides is 3. The normalized spacial score (nSPS) is 18.5. The molecule has 2 aromatic carbocycles. The fourth-order valence-electron chi connectivity index (χ4n) is 4.42. The topological polar surface area (TPSA) is 88.0 Å². The highest BCUT2D eigenvalue weighted by molar-refractivity contribution is 6.04. The molecule has 0 fully saturated rings. The summed E-state index contributed by atoms with van der Waals surface area (Å²) in [6.07, 6.45) is 0.0457. The minimum Gasteiger partial charge on any atom is -0.494 e. The Morgan fingerprint density at radius 2 is 2.03 bits per heavy atom. The van der Waals surface area contributed by atoms with Gasteiger partial charge in [-0.15, -0.1) is 4.68 Å². The van der Waals surface area contributed by atoms with Gasteiger partial charge in [-0.25, -0.2) is 14.1 Å². The molecule has 3 heterocycles. The van der Waals surface area contributed by atoms with Crippen LogP contribution >= 0.6 is 0 Å². The molecule has 1 atom stereocenters. The van der Waals surface area contributed by atoms with Gasteiger partial charge in [0, 0.05) is 11.1 Å². The molecule has 2 aliphatic heterocycles. The summed E-state index contributed by atoms with van der Waals surface area (Å²) in [6.45, 7) is 0.245. The summed E-state index contributed by atoms with van der Waals surface area (Å²) in [5, 5.41) is 12.5. The van der Waals surface area contributed by atoms with E-state index in [2.05, 4.69) is 20.4 Å². The second-order valence-corrected chi connectivity index (χ2v) is 8.78. The molecular formula is C25H22F4N7O2+. The number of hydrogen-bond acceptors (Lipinski definition) is 6. The largest absolute Gasteiger partial charge is 0.494 e. The van der Waals surface area contributed by atoms with E-state index in [1.54, 1.807) is 42.3 Å². The molecule has 2 aliphatic rings. The van der Waals surface area contributed by atoms with Crippen molar-refractivity contribution < 1.29 is 31.8 Å². The number of aromatic nitrogens is 3. The smallest absolute Gasteiger partial charge is 0.406 e. The number of nitrogens with zero attached hydrogens (tertiary/aromatic N) is 7. The van der Waals surface area contributed by atoms with Crippen molar-refractivity contribution in [3.63, 3.8) is 0 Å². The zero-order chi connectivity index (χ0) is 27.0. The molecule has 0 saturated heterocycles. The second-order valence-electron chi connectivity index (χ2n) is 8.78. The molecule has 0 aliphatic carbocycles. The van der Waals surface area contributed by atoms with E-state index in [-0.39, 0.29) is 24.1 Å². The van der Waals surface area contributed by atoms with Crippen molar-refractivity contribution in [3.8, 4) is 11.4 Å². The van der Waals surface area contributed by atoms with Gasteiger partial charge in [0.1, 0.15) is 47.4 Å². The molecule has 3 aromatic rings. The van der Waals surface area contributed by atoms with E-state index >= 15 is 0 Å². The van der Waals surface area contributed by atoms with Crippen molar-refractivity contribution in [2.24, 2.45) is 16.3 Å². The predicted molar refractivity (Wildman–Crippen MR) is 128 cm³/mol. The fourth-order valence-corrected chi connectivity index (χ4v) is 4.42. The average molecular weight is 528 g/mol. The van der Waals surface area contributed by atoms with Crippen LogP contribution in [0.2, 0.25) is 0 Å². The zero-order valence-corrected chi connectivity index (χ0v) is 20.4. The van der Waals surface area contributed by atoms with Crippen LogP contribution in [-0.2, 0) is 11.2 Å². The van der Waals surface area contributed by atoms with Crippen LogP contribution in [0.15, 0.2) is 59.3 Å². The first-order valence-corrected chi connectivity index (χ1v) is 11.6. The molecular weight excluding hydrogens is 506 g/mol. The Kier molecular flexibility index (Phi) is 6.51. The Morgan fingerprint density at radius 1 is 1.21 bits per heavy atom. The SMILES string of the molecule is COc1cc(C2=C/[N+](=C\C3CCc4c(F)cccc4N(CC(F)(F)F)C3=O)N=N2)ccc1-n1cnc(C)n1. The van der Waals surface area contributed by atoms with E-state index in [0.717, 1.165) is 0 Å². The molecule has 5 rings (SSSR count). The van der Waals surface area contributed by atoms with Crippen LogP contribution in [0.3, 0.4) is 0 Å². The summed E-state index contributed by atoms with van der Waals surface area (Å²) in [6, 6.07) is 9.09. The van der Waals surface area contributed by atoms with Gasteiger partial charge in [-0.1, -0.05) is 6.07 Å². The zero-order valence-electron chi connectivity index (χ0n) is 20.4. The van der Waals surface area contributed by atoms with Crippen molar-refractivity contribution in [2.75, 3.05) is 18.6 Å². The summed E-state index contributed by atoms with van der Waals surface area (Å²) >= 11 is 0. The molecule has 0 N–H and O–H groups in total. The summed E-state index contributed by atoms with van der Waals surface area (Å²) in [7, 11) is 1.52. The third kappa shape index (κ3) is 5.04. The van der Waals surface area contributed by atoms with Gasteiger partial charge in [-0.2, -0.15) is 18.3 Å². The minimum atomic E-state index is -4.66. The fraction of sp³-hybridized carbons (Fsp3) is 0.280. The first-order chi connectivity index (χ1) is 18.1. The van der Waals surface area contributed by atoms with E-state index < -0.39 is 30.4 Å². The molecule has 1 unspecified atom stereocenters. The highest BCUT2D eigenvalue weighted by Crippen LogP contribution is 2.34. The van der Waals surface area contributed by atoms with Crippen LogP contribution < -0.4 is 9.64 Å².